The van der Waals surface area contributed by atoms with Gasteiger partial charge in [-0.15, -0.1) is 0 Å². The number of anilines is 2. The Hall–Kier alpha value is -3.34. The average molecular weight is 345 g/mol. The number of oxazole rings is 1. The fraction of sp³-hybridized carbons (Fsp3) is 0.143. The third-order valence-electron chi connectivity index (χ3n) is 4.36. The van der Waals surface area contributed by atoms with Crippen LogP contribution in [0.1, 0.15) is 25.2 Å². The number of carbonyl (C=O) groups is 1. The smallest absolute Gasteiger partial charge is 0.244 e. The van der Waals surface area contributed by atoms with Crippen molar-refractivity contribution in [2.75, 3.05) is 5.32 Å². The first-order valence-corrected chi connectivity index (χ1v) is 8.62. The number of hydrogen-bond donors (Lipinski definition) is 2. The molecule has 0 aliphatic heterocycles. The van der Waals surface area contributed by atoms with E-state index >= 15 is 0 Å². The highest BCUT2D eigenvalue weighted by molar-refractivity contribution is 5.95. The zero-order chi connectivity index (χ0) is 17.9. The van der Waals surface area contributed by atoms with E-state index in [9.17, 15) is 4.79 Å². The van der Waals surface area contributed by atoms with Gasteiger partial charge in [0.25, 0.3) is 0 Å². The summed E-state index contributed by atoms with van der Waals surface area (Å²) >= 11 is 0. The van der Waals surface area contributed by atoms with Gasteiger partial charge in [0.2, 0.25) is 11.8 Å². The zero-order valence-corrected chi connectivity index (χ0v) is 14.2. The van der Waals surface area contributed by atoms with Gasteiger partial charge in [0.1, 0.15) is 5.52 Å². The normalized spacial score (nSPS) is 14.5. The summed E-state index contributed by atoms with van der Waals surface area (Å²) in [7, 11) is 0. The summed E-state index contributed by atoms with van der Waals surface area (Å²) in [5.41, 5.74) is 10.3. The van der Waals surface area contributed by atoms with E-state index in [0.29, 0.717) is 23.5 Å². The number of nitrogens with two attached hydrogens (primary N) is 1. The van der Waals surface area contributed by atoms with E-state index in [2.05, 4.69) is 10.3 Å². The molecular formula is C21H19N3O2. The first kappa shape index (κ1) is 16.1. The number of aromatic nitrogens is 1. The van der Waals surface area contributed by atoms with Crippen LogP contribution in [0.2, 0.25) is 0 Å². The number of carbonyl (C=O) groups excluding carboxylic acids is 1. The van der Waals surface area contributed by atoms with Gasteiger partial charge >= 0.3 is 0 Å². The maximum absolute atomic E-state index is 11.5. The molecule has 1 aliphatic carbocycles. The van der Waals surface area contributed by atoms with Crippen molar-refractivity contribution in [3.05, 3.63) is 72.1 Å². The van der Waals surface area contributed by atoms with Crippen molar-refractivity contribution in [2.45, 2.75) is 19.3 Å². The van der Waals surface area contributed by atoms with Gasteiger partial charge in [-0.05, 0) is 49.6 Å². The maximum Gasteiger partial charge on any atom is 0.244 e. The van der Waals surface area contributed by atoms with Gasteiger partial charge in [0.15, 0.2) is 5.58 Å². The standard InChI is InChI=1S/C21H19N3O2/c22-20(25)14-6-4-5-7-15(12-14)21-24-18-11-10-17(13-19(18)26-21)23-16-8-2-1-3-9-16/h1-3,7-13,23H,4-6H2,(H2,22,25). The molecule has 0 radical (unpaired) electrons. The van der Waals surface area contributed by atoms with Crippen LogP contribution < -0.4 is 11.1 Å². The van der Waals surface area contributed by atoms with Gasteiger partial charge < -0.3 is 15.5 Å². The van der Waals surface area contributed by atoms with Gasteiger partial charge in [-0.25, -0.2) is 4.98 Å². The number of rotatable bonds is 4. The van der Waals surface area contributed by atoms with Crippen LogP contribution in [0.25, 0.3) is 16.7 Å². The lowest BCUT2D eigenvalue weighted by Gasteiger charge is -2.05. The molecule has 26 heavy (non-hydrogen) atoms. The first-order valence-electron chi connectivity index (χ1n) is 8.62. The van der Waals surface area contributed by atoms with Crippen molar-refractivity contribution in [1.29, 1.82) is 0 Å². The van der Waals surface area contributed by atoms with E-state index in [0.717, 1.165) is 35.3 Å². The molecule has 4 rings (SSSR count). The summed E-state index contributed by atoms with van der Waals surface area (Å²) < 4.78 is 5.95. The molecule has 0 bridgehead atoms. The van der Waals surface area contributed by atoms with Crippen LogP contribution in [0.15, 0.2) is 70.7 Å². The lowest BCUT2D eigenvalue weighted by molar-refractivity contribution is -0.114. The Kier molecular flexibility index (Phi) is 4.27. The monoisotopic (exact) mass is 345 g/mol. The fourth-order valence-corrected chi connectivity index (χ4v) is 3.03. The van der Waals surface area contributed by atoms with E-state index < -0.39 is 0 Å². The summed E-state index contributed by atoms with van der Waals surface area (Å²) in [6.45, 7) is 0. The number of hydrogen-bond acceptors (Lipinski definition) is 4. The molecule has 1 aromatic heterocycles. The second-order valence-electron chi connectivity index (χ2n) is 6.28. The lowest BCUT2D eigenvalue weighted by Crippen LogP contribution is -2.13. The Bertz CT molecular complexity index is 1020. The molecule has 2 aromatic carbocycles. The predicted molar refractivity (Wildman–Crippen MR) is 103 cm³/mol. The quantitative estimate of drug-likeness (QED) is 0.727. The zero-order valence-electron chi connectivity index (χ0n) is 14.2. The van der Waals surface area contributed by atoms with Crippen LogP contribution in [-0.2, 0) is 4.79 Å². The average Bonchev–Trinajstić information content (AvgIpc) is 2.90. The molecule has 1 aliphatic rings. The van der Waals surface area contributed by atoms with E-state index in [1.807, 2.05) is 54.6 Å². The molecule has 0 atom stereocenters. The van der Waals surface area contributed by atoms with Crippen LogP contribution in [0.3, 0.4) is 0 Å². The number of nitrogens with zero attached hydrogens (tertiary/aromatic N) is 1. The van der Waals surface area contributed by atoms with Crippen LogP contribution in [0, 0.1) is 0 Å². The van der Waals surface area contributed by atoms with E-state index in [1.54, 1.807) is 6.08 Å². The molecule has 0 spiro atoms. The number of amides is 1. The third-order valence-corrected chi connectivity index (χ3v) is 4.36. The van der Waals surface area contributed by atoms with Crippen LogP contribution >= 0.6 is 0 Å². The number of benzene rings is 2. The summed E-state index contributed by atoms with van der Waals surface area (Å²) in [6, 6.07) is 15.8. The number of nitrogens with one attached hydrogen (secondary N) is 1. The predicted octanol–water partition coefficient (Wildman–Crippen LogP) is 4.55. The molecule has 0 saturated heterocycles. The number of para-hydroxylation sites is 1. The highest BCUT2D eigenvalue weighted by Gasteiger charge is 2.15. The Morgan fingerprint density at radius 3 is 2.77 bits per heavy atom. The van der Waals surface area contributed by atoms with Gasteiger partial charge in [-0.1, -0.05) is 24.3 Å². The van der Waals surface area contributed by atoms with Gasteiger partial charge in [-0.3, -0.25) is 4.79 Å². The molecule has 1 amide bonds. The minimum atomic E-state index is -0.386. The molecule has 1 heterocycles. The van der Waals surface area contributed by atoms with Crippen molar-refractivity contribution in [3.8, 4) is 0 Å². The second-order valence-corrected chi connectivity index (χ2v) is 6.28. The van der Waals surface area contributed by atoms with Crippen LogP contribution in [0.4, 0.5) is 11.4 Å². The number of primary amides is 1. The summed E-state index contributed by atoms with van der Waals surface area (Å²) in [4.78, 5) is 16.1. The topological polar surface area (TPSA) is 81.2 Å². The van der Waals surface area contributed by atoms with Crippen molar-refractivity contribution in [2.24, 2.45) is 5.73 Å². The maximum atomic E-state index is 11.5. The summed E-state index contributed by atoms with van der Waals surface area (Å²) in [6.07, 6.45) is 6.28. The third kappa shape index (κ3) is 3.37. The lowest BCUT2D eigenvalue weighted by atomic mass is 10.1. The van der Waals surface area contributed by atoms with Crippen molar-refractivity contribution >= 4 is 34.0 Å². The molecule has 5 heteroatoms. The minimum Gasteiger partial charge on any atom is -0.436 e. The largest absolute Gasteiger partial charge is 0.436 e. The second kappa shape index (κ2) is 6.88. The molecule has 0 saturated carbocycles. The van der Waals surface area contributed by atoms with Gasteiger partial charge in [-0.2, -0.15) is 0 Å². The van der Waals surface area contributed by atoms with Crippen LogP contribution in [-0.4, -0.2) is 10.9 Å². The van der Waals surface area contributed by atoms with Gasteiger partial charge in [0, 0.05) is 28.6 Å². The van der Waals surface area contributed by atoms with Crippen LogP contribution in [0.5, 0.6) is 0 Å². The molecular weight excluding hydrogens is 326 g/mol. The Balaban J connectivity index is 1.66. The fourth-order valence-electron chi connectivity index (χ4n) is 3.03. The molecule has 3 N–H and O–H groups in total. The molecule has 5 nitrogen and oxygen atoms in total. The number of allylic oxidation sites excluding steroid dienone is 3. The highest BCUT2D eigenvalue weighted by atomic mass is 16.3. The molecule has 3 aromatic rings. The Labute approximate surface area is 151 Å². The Morgan fingerprint density at radius 1 is 1.12 bits per heavy atom. The number of fused-ring (bicyclic) bond motifs is 1. The SMILES string of the molecule is NC(=O)C1=CC(c2nc3ccc(Nc4ccccc4)cc3o2)=CCCC1. The summed E-state index contributed by atoms with van der Waals surface area (Å²) in [5.74, 6) is 0.126. The Morgan fingerprint density at radius 2 is 1.96 bits per heavy atom. The van der Waals surface area contributed by atoms with Crippen molar-refractivity contribution < 1.29 is 9.21 Å². The van der Waals surface area contributed by atoms with E-state index in [1.165, 1.54) is 0 Å². The highest BCUT2D eigenvalue weighted by Crippen LogP contribution is 2.29. The van der Waals surface area contributed by atoms with E-state index in [4.69, 9.17) is 10.2 Å². The molecule has 0 unspecified atom stereocenters. The molecule has 0 fully saturated rings. The minimum absolute atomic E-state index is 0.386. The first-order chi connectivity index (χ1) is 12.7. The molecule has 130 valence electrons. The van der Waals surface area contributed by atoms with Gasteiger partial charge in [0.05, 0.1) is 0 Å². The van der Waals surface area contributed by atoms with Crippen molar-refractivity contribution in [1.82, 2.24) is 4.98 Å². The van der Waals surface area contributed by atoms with E-state index in [-0.39, 0.29) is 5.91 Å². The van der Waals surface area contributed by atoms with Crippen molar-refractivity contribution in [3.63, 3.8) is 0 Å². The summed E-state index contributed by atoms with van der Waals surface area (Å²) in [5, 5.41) is 3.34.